The predicted octanol–water partition coefficient (Wildman–Crippen LogP) is 5.52. The van der Waals surface area contributed by atoms with Crippen LogP contribution in [-0.2, 0) is 0 Å². The van der Waals surface area contributed by atoms with Crippen molar-refractivity contribution >= 4 is 38.6 Å². The Morgan fingerprint density at radius 3 is 2.63 bits per heavy atom. The highest BCUT2D eigenvalue weighted by molar-refractivity contribution is 9.10. The molecule has 1 amide bonds. The molecule has 1 heterocycles. The first-order valence-electron chi connectivity index (χ1n) is 8.25. The Morgan fingerprint density at radius 2 is 1.89 bits per heavy atom. The topological polar surface area (TPSA) is 64.4 Å². The summed E-state index contributed by atoms with van der Waals surface area (Å²) in [5.41, 5.74) is 3.42. The van der Waals surface area contributed by atoms with Crippen LogP contribution in [0, 0.1) is 0 Å². The molecule has 0 unspecified atom stereocenters. The van der Waals surface area contributed by atoms with Crippen LogP contribution >= 0.6 is 15.9 Å². The summed E-state index contributed by atoms with van der Waals surface area (Å²) >= 11 is 3.39. The van der Waals surface area contributed by atoms with Gasteiger partial charge in [-0.3, -0.25) is 4.79 Å². The lowest BCUT2D eigenvalue weighted by atomic mass is 10.2. The normalized spacial score (nSPS) is 10.7. The number of nitrogens with one attached hydrogen (secondary N) is 1. The van der Waals surface area contributed by atoms with Crippen molar-refractivity contribution < 1.29 is 13.9 Å². The van der Waals surface area contributed by atoms with E-state index < -0.39 is 0 Å². The van der Waals surface area contributed by atoms with Crippen molar-refractivity contribution in [3.8, 4) is 17.2 Å². The number of oxazole rings is 1. The van der Waals surface area contributed by atoms with E-state index in [2.05, 4.69) is 26.2 Å². The molecule has 1 N–H and O–H groups in total. The van der Waals surface area contributed by atoms with Gasteiger partial charge in [-0.25, -0.2) is 4.98 Å². The van der Waals surface area contributed by atoms with Gasteiger partial charge in [0.2, 0.25) is 5.89 Å². The molecule has 0 aliphatic carbocycles. The number of nitrogens with zero attached hydrogens (tertiary/aromatic N) is 1. The predicted molar refractivity (Wildman–Crippen MR) is 108 cm³/mol. The summed E-state index contributed by atoms with van der Waals surface area (Å²) in [6.45, 7) is 0. The van der Waals surface area contributed by atoms with E-state index in [1.165, 1.54) is 0 Å². The van der Waals surface area contributed by atoms with Crippen molar-refractivity contribution in [2.45, 2.75) is 0 Å². The SMILES string of the molecule is COc1ccc(C(=O)Nc2ccc3oc(-c4ccccc4)nc3c2)cc1Br. The largest absolute Gasteiger partial charge is 0.496 e. The van der Waals surface area contributed by atoms with E-state index >= 15 is 0 Å². The highest BCUT2D eigenvalue weighted by Crippen LogP contribution is 2.28. The average molecular weight is 423 g/mol. The fourth-order valence-electron chi connectivity index (χ4n) is 2.72. The van der Waals surface area contributed by atoms with Crippen molar-refractivity contribution in [3.63, 3.8) is 0 Å². The monoisotopic (exact) mass is 422 g/mol. The first-order valence-corrected chi connectivity index (χ1v) is 9.04. The van der Waals surface area contributed by atoms with Gasteiger partial charge in [0, 0.05) is 16.8 Å². The number of methoxy groups -OCH3 is 1. The maximum atomic E-state index is 12.5. The Labute approximate surface area is 164 Å². The quantitative estimate of drug-likeness (QED) is 0.470. The lowest BCUT2D eigenvalue weighted by Crippen LogP contribution is -2.11. The standard InChI is InChI=1S/C21H15BrN2O3/c1-26-18-9-7-14(11-16(18)22)20(25)23-15-8-10-19-17(12-15)24-21(27-19)13-5-3-2-4-6-13/h2-12H,1H3,(H,23,25). The van der Waals surface area contributed by atoms with E-state index in [0.29, 0.717) is 34.0 Å². The average Bonchev–Trinajstić information content (AvgIpc) is 3.12. The van der Waals surface area contributed by atoms with Crippen molar-refractivity contribution in [2.75, 3.05) is 12.4 Å². The molecule has 3 aromatic carbocycles. The summed E-state index contributed by atoms with van der Waals surface area (Å²) < 4.78 is 11.7. The molecular formula is C21H15BrN2O3. The number of aromatic nitrogens is 1. The molecule has 0 atom stereocenters. The summed E-state index contributed by atoms with van der Waals surface area (Å²) in [5, 5.41) is 2.88. The lowest BCUT2D eigenvalue weighted by Gasteiger charge is -2.07. The number of amides is 1. The lowest BCUT2D eigenvalue weighted by molar-refractivity contribution is 0.102. The highest BCUT2D eigenvalue weighted by Gasteiger charge is 2.12. The molecule has 0 radical (unpaired) electrons. The maximum absolute atomic E-state index is 12.5. The van der Waals surface area contributed by atoms with Crippen molar-refractivity contribution in [2.24, 2.45) is 0 Å². The fourth-order valence-corrected chi connectivity index (χ4v) is 3.26. The van der Waals surface area contributed by atoms with Crippen LogP contribution in [0.25, 0.3) is 22.6 Å². The van der Waals surface area contributed by atoms with Crippen LogP contribution in [0.3, 0.4) is 0 Å². The summed E-state index contributed by atoms with van der Waals surface area (Å²) in [6, 6.07) is 20.2. The molecule has 134 valence electrons. The molecule has 0 aliphatic heterocycles. The van der Waals surface area contributed by atoms with Crippen LogP contribution in [0.15, 0.2) is 75.6 Å². The minimum atomic E-state index is -0.218. The molecule has 4 rings (SSSR count). The second-order valence-corrected chi connectivity index (χ2v) is 6.73. The number of benzene rings is 3. The molecule has 1 aromatic heterocycles. The van der Waals surface area contributed by atoms with E-state index in [9.17, 15) is 4.79 Å². The minimum Gasteiger partial charge on any atom is -0.496 e. The number of carbonyl (C=O) groups is 1. The first kappa shape index (κ1) is 17.3. The third-order valence-corrected chi connectivity index (χ3v) is 4.70. The molecule has 0 saturated carbocycles. The fraction of sp³-hybridized carbons (Fsp3) is 0.0476. The van der Waals surface area contributed by atoms with Crippen molar-refractivity contribution in [3.05, 3.63) is 76.8 Å². The number of rotatable bonds is 4. The smallest absolute Gasteiger partial charge is 0.255 e. The van der Waals surface area contributed by atoms with Crippen LogP contribution in [0.2, 0.25) is 0 Å². The minimum absolute atomic E-state index is 0.218. The van der Waals surface area contributed by atoms with Gasteiger partial charge in [-0.15, -0.1) is 0 Å². The molecule has 0 spiro atoms. The van der Waals surface area contributed by atoms with Gasteiger partial charge >= 0.3 is 0 Å². The van der Waals surface area contributed by atoms with Crippen LogP contribution in [0.1, 0.15) is 10.4 Å². The number of hydrogen-bond acceptors (Lipinski definition) is 4. The van der Waals surface area contributed by atoms with Gasteiger partial charge in [-0.05, 0) is 64.5 Å². The number of carbonyl (C=O) groups excluding carboxylic acids is 1. The van der Waals surface area contributed by atoms with Gasteiger partial charge in [0.05, 0.1) is 11.6 Å². The number of fused-ring (bicyclic) bond motifs is 1. The van der Waals surface area contributed by atoms with Gasteiger partial charge in [0.25, 0.3) is 5.91 Å². The Hall–Kier alpha value is -3.12. The van der Waals surface area contributed by atoms with Crippen molar-refractivity contribution in [1.29, 1.82) is 0 Å². The summed E-state index contributed by atoms with van der Waals surface area (Å²) in [4.78, 5) is 17.0. The van der Waals surface area contributed by atoms with E-state index in [-0.39, 0.29) is 5.91 Å². The summed E-state index contributed by atoms with van der Waals surface area (Å²) in [6.07, 6.45) is 0. The number of hydrogen-bond donors (Lipinski definition) is 1. The number of anilines is 1. The number of ether oxygens (including phenoxy) is 1. The van der Waals surface area contributed by atoms with Gasteiger partial charge in [0.15, 0.2) is 5.58 Å². The molecule has 0 saturated heterocycles. The molecule has 27 heavy (non-hydrogen) atoms. The maximum Gasteiger partial charge on any atom is 0.255 e. The highest BCUT2D eigenvalue weighted by atomic mass is 79.9. The number of halogens is 1. The van der Waals surface area contributed by atoms with Crippen LogP contribution in [0.4, 0.5) is 5.69 Å². The van der Waals surface area contributed by atoms with Crippen LogP contribution in [-0.4, -0.2) is 18.0 Å². The molecule has 6 heteroatoms. The third kappa shape index (κ3) is 3.57. The Bertz CT molecular complexity index is 1120. The van der Waals surface area contributed by atoms with Gasteiger partial charge in [-0.2, -0.15) is 0 Å². The second kappa shape index (κ2) is 7.25. The first-order chi connectivity index (χ1) is 13.1. The van der Waals surface area contributed by atoms with Crippen LogP contribution < -0.4 is 10.1 Å². The zero-order valence-corrected chi connectivity index (χ0v) is 16.0. The van der Waals surface area contributed by atoms with Crippen molar-refractivity contribution in [1.82, 2.24) is 4.98 Å². The Kier molecular flexibility index (Phi) is 4.64. The molecule has 0 fully saturated rings. The Morgan fingerprint density at radius 1 is 1.07 bits per heavy atom. The van der Waals surface area contributed by atoms with Gasteiger partial charge in [0.1, 0.15) is 11.3 Å². The van der Waals surface area contributed by atoms with E-state index in [1.807, 2.05) is 30.3 Å². The summed E-state index contributed by atoms with van der Waals surface area (Å²) in [7, 11) is 1.58. The third-order valence-electron chi connectivity index (χ3n) is 4.08. The molecule has 5 nitrogen and oxygen atoms in total. The zero-order valence-electron chi connectivity index (χ0n) is 14.4. The Balaban J connectivity index is 1.59. The van der Waals surface area contributed by atoms with E-state index in [1.54, 1.807) is 43.5 Å². The molecular weight excluding hydrogens is 408 g/mol. The molecule has 0 aliphatic rings. The molecule has 4 aromatic rings. The van der Waals surface area contributed by atoms with E-state index in [4.69, 9.17) is 9.15 Å². The zero-order chi connectivity index (χ0) is 18.8. The second-order valence-electron chi connectivity index (χ2n) is 5.87. The summed E-state index contributed by atoms with van der Waals surface area (Å²) in [5.74, 6) is 1.00. The van der Waals surface area contributed by atoms with E-state index in [0.717, 1.165) is 10.0 Å². The van der Waals surface area contributed by atoms with Gasteiger partial charge in [-0.1, -0.05) is 18.2 Å². The van der Waals surface area contributed by atoms with Gasteiger partial charge < -0.3 is 14.5 Å². The van der Waals surface area contributed by atoms with Crippen LogP contribution in [0.5, 0.6) is 5.75 Å². The molecule has 0 bridgehead atoms.